The van der Waals surface area contributed by atoms with Gasteiger partial charge in [0.05, 0.1) is 26.9 Å². The highest BCUT2D eigenvalue weighted by Crippen LogP contribution is 2.41. The first-order valence-electron chi connectivity index (χ1n) is 10.7. The van der Waals surface area contributed by atoms with Crippen molar-refractivity contribution in [1.29, 1.82) is 0 Å². The third kappa shape index (κ3) is 4.68. The maximum Gasteiger partial charge on any atom is 0.334 e. The van der Waals surface area contributed by atoms with E-state index in [0.29, 0.717) is 45.3 Å². The Morgan fingerprint density at radius 2 is 1.57 bits per heavy atom. The summed E-state index contributed by atoms with van der Waals surface area (Å²) in [5, 5.41) is -0.973. The molecule has 0 spiro atoms. The summed E-state index contributed by atoms with van der Waals surface area (Å²) >= 11 is 6.29. The van der Waals surface area contributed by atoms with Gasteiger partial charge in [0.1, 0.15) is 17.2 Å². The summed E-state index contributed by atoms with van der Waals surface area (Å²) in [6.45, 7) is 1.71. The third-order valence-electron chi connectivity index (χ3n) is 5.57. The van der Waals surface area contributed by atoms with E-state index in [1.807, 2.05) is 6.07 Å². The second-order valence-corrected chi connectivity index (χ2v) is 8.09. The summed E-state index contributed by atoms with van der Waals surface area (Å²) in [5.41, 5.74) is 2.05. The average molecular weight is 495 g/mol. The van der Waals surface area contributed by atoms with Crippen LogP contribution in [0.4, 0.5) is 0 Å². The molecule has 7 nitrogen and oxygen atoms in total. The first-order valence-corrected chi connectivity index (χ1v) is 11.1. The Morgan fingerprint density at radius 3 is 2.23 bits per heavy atom. The van der Waals surface area contributed by atoms with Crippen LogP contribution >= 0.6 is 11.6 Å². The van der Waals surface area contributed by atoms with Crippen molar-refractivity contribution in [1.82, 2.24) is 0 Å². The number of benzene rings is 3. The van der Waals surface area contributed by atoms with Gasteiger partial charge in [-0.1, -0.05) is 30.3 Å². The minimum atomic E-state index is -0.973. The average Bonchev–Trinajstić information content (AvgIpc) is 3.20. The first kappa shape index (κ1) is 24.2. The normalized spacial score (nSPS) is 14.2. The Hall–Kier alpha value is -3.97. The van der Waals surface area contributed by atoms with Crippen LogP contribution in [-0.4, -0.2) is 33.1 Å². The molecular formula is C27H23ClO7. The molecule has 180 valence electrons. The number of esters is 1. The Kier molecular flexibility index (Phi) is 6.98. The van der Waals surface area contributed by atoms with Gasteiger partial charge in [-0.2, -0.15) is 0 Å². The SMILES string of the molecule is COc1cc(OC)c(OC)cc1/C=C1\Oc2c(ccc(OC(=O)C(Cl)c3ccccc3)c2C)C1=O. The van der Waals surface area contributed by atoms with E-state index in [2.05, 4.69) is 0 Å². The van der Waals surface area contributed by atoms with Crippen LogP contribution in [-0.2, 0) is 4.79 Å². The number of fused-ring (bicyclic) bond motifs is 1. The van der Waals surface area contributed by atoms with Crippen molar-refractivity contribution in [2.24, 2.45) is 0 Å². The molecule has 0 N–H and O–H groups in total. The largest absolute Gasteiger partial charge is 0.496 e. The van der Waals surface area contributed by atoms with Gasteiger partial charge in [0.15, 0.2) is 22.6 Å². The molecule has 1 heterocycles. The molecule has 0 fully saturated rings. The number of alkyl halides is 1. The summed E-state index contributed by atoms with van der Waals surface area (Å²) in [4.78, 5) is 25.6. The van der Waals surface area contributed by atoms with Crippen LogP contribution in [0.5, 0.6) is 28.7 Å². The number of hydrogen-bond acceptors (Lipinski definition) is 7. The van der Waals surface area contributed by atoms with Gasteiger partial charge >= 0.3 is 5.97 Å². The van der Waals surface area contributed by atoms with E-state index in [1.165, 1.54) is 21.3 Å². The number of hydrogen-bond donors (Lipinski definition) is 0. The number of carbonyl (C=O) groups is 2. The molecule has 0 saturated heterocycles. The predicted octanol–water partition coefficient (Wildman–Crippen LogP) is 5.52. The number of Topliss-reactive ketones (excluding diaryl/α,β-unsaturated/α-hetero) is 1. The number of rotatable bonds is 7. The zero-order valence-electron chi connectivity index (χ0n) is 19.6. The molecule has 0 saturated carbocycles. The van der Waals surface area contributed by atoms with Crippen molar-refractivity contribution in [2.45, 2.75) is 12.3 Å². The fraction of sp³-hybridized carbons (Fsp3) is 0.185. The van der Waals surface area contributed by atoms with E-state index in [-0.39, 0.29) is 17.3 Å². The van der Waals surface area contributed by atoms with E-state index < -0.39 is 11.3 Å². The lowest BCUT2D eigenvalue weighted by Gasteiger charge is -2.13. The molecule has 0 amide bonds. The number of methoxy groups -OCH3 is 3. The highest BCUT2D eigenvalue weighted by Gasteiger charge is 2.31. The first-order chi connectivity index (χ1) is 16.9. The predicted molar refractivity (Wildman–Crippen MR) is 131 cm³/mol. The fourth-order valence-electron chi connectivity index (χ4n) is 3.70. The molecular weight excluding hydrogens is 472 g/mol. The molecule has 0 aliphatic carbocycles. The van der Waals surface area contributed by atoms with Crippen LogP contribution in [0.2, 0.25) is 0 Å². The molecule has 0 aromatic heterocycles. The molecule has 1 atom stereocenters. The zero-order valence-corrected chi connectivity index (χ0v) is 20.3. The van der Waals surface area contributed by atoms with Crippen molar-refractivity contribution in [3.05, 3.63) is 82.6 Å². The molecule has 8 heteroatoms. The minimum absolute atomic E-state index is 0.0941. The second-order valence-electron chi connectivity index (χ2n) is 7.65. The Labute approximate surface area is 207 Å². The third-order valence-corrected chi connectivity index (χ3v) is 6.00. The van der Waals surface area contributed by atoms with Gasteiger partial charge in [-0.05, 0) is 36.8 Å². The molecule has 3 aromatic carbocycles. The Morgan fingerprint density at radius 1 is 0.914 bits per heavy atom. The standard InChI is InChI=1S/C27H23ClO7/c1-15-19(35-27(30)24(28)16-8-6-5-7-9-16)11-10-18-25(29)23(34-26(15)18)13-17-12-21(32-3)22(33-4)14-20(17)31-2/h5-14,24H,1-4H3/b23-13-. The molecule has 35 heavy (non-hydrogen) atoms. The van der Waals surface area contributed by atoms with Gasteiger partial charge in [-0.3, -0.25) is 4.79 Å². The van der Waals surface area contributed by atoms with Crippen LogP contribution in [0.15, 0.2) is 60.4 Å². The Bertz CT molecular complexity index is 1310. The monoisotopic (exact) mass is 494 g/mol. The van der Waals surface area contributed by atoms with E-state index in [0.717, 1.165) is 0 Å². The molecule has 1 aliphatic heterocycles. The van der Waals surface area contributed by atoms with Crippen LogP contribution in [0, 0.1) is 6.92 Å². The fourth-order valence-corrected chi connectivity index (χ4v) is 3.89. The van der Waals surface area contributed by atoms with Crippen molar-refractivity contribution in [2.75, 3.05) is 21.3 Å². The van der Waals surface area contributed by atoms with Gasteiger partial charge in [-0.25, -0.2) is 4.79 Å². The summed E-state index contributed by atoms with van der Waals surface area (Å²) in [6.07, 6.45) is 1.57. The lowest BCUT2D eigenvalue weighted by molar-refractivity contribution is -0.134. The summed E-state index contributed by atoms with van der Waals surface area (Å²) in [5.74, 6) is 1.17. The number of ether oxygens (including phenoxy) is 5. The molecule has 4 rings (SSSR count). The van der Waals surface area contributed by atoms with Gasteiger partial charge in [-0.15, -0.1) is 11.6 Å². The summed E-state index contributed by atoms with van der Waals surface area (Å²) in [7, 11) is 4.55. The van der Waals surface area contributed by atoms with Crippen molar-refractivity contribution in [3.63, 3.8) is 0 Å². The van der Waals surface area contributed by atoms with Crippen molar-refractivity contribution in [3.8, 4) is 28.7 Å². The van der Waals surface area contributed by atoms with Gasteiger partial charge in [0.25, 0.3) is 0 Å². The smallest absolute Gasteiger partial charge is 0.334 e. The second kappa shape index (κ2) is 10.1. The maximum atomic E-state index is 13.0. The minimum Gasteiger partial charge on any atom is -0.496 e. The van der Waals surface area contributed by atoms with Crippen LogP contribution in [0.1, 0.15) is 32.4 Å². The summed E-state index contributed by atoms with van der Waals surface area (Å²) < 4.78 is 27.5. The lowest BCUT2D eigenvalue weighted by atomic mass is 10.1. The lowest BCUT2D eigenvalue weighted by Crippen LogP contribution is -2.15. The number of halogens is 1. The van der Waals surface area contributed by atoms with Crippen LogP contribution in [0.3, 0.4) is 0 Å². The van der Waals surface area contributed by atoms with E-state index in [9.17, 15) is 9.59 Å². The maximum absolute atomic E-state index is 13.0. The topological polar surface area (TPSA) is 80.3 Å². The zero-order chi connectivity index (χ0) is 25.1. The van der Waals surface area contributed by atoms with E-state index in [1.54, 1.807) is 61.5 Å². The van der Waals surface area contributed by atoms with Crippen molar-refractivity contribution >= 4 is 29.4 Å². The van der Waals surface area contributed by atoms with Crippen molar-refractivity contribution < 1.29 is 33.3 Å². The quantitative estimate of drug-likeness (QED) is 0.185. The van der Waals surface area contributed by atoms with Gasteiger partial charge in [0.2, 0.25) is 5.78 Å². The molecule has 1 unspecified atom stereocenters. The highest BCUT2D eigenvalue weighted by molar-refractivity contribution is 6.30. The molecule has 3 aromatic rings. The molecule has 0 radical (unpaired) electrons. The number of ketones is 1. The van der Waals surface area contributed by atoms with E-state index >= 15 is 0 Å². The molecule has 0 bridgehead atoms. The van der Waals surface area contributed by atoms with Crippen LogP contribution in [0.25, 0.3) is 6.08 Å². The van der Waals surface area contributed by atoms with E-state index in [4.69, 9.17) is 35.3 Å². The Balaban J connectivity index is 1.62. The summed E-state index contributed by atoms with van der Waals surface area (Å²) in [6, 6.07) is 15.4. The number of allylic oxidation sites excluding steroid dienone is 1. The molecule has 1 aliphatic rings. The van der Waals surface area contributed by atoms with Gasteiger partial charge in [0, 0.05) is 17.2 Å². The highest BCUT2D eigenvalue weighted by atomic mass is 35.5. The number of carbonyl (C=O) groups excluding carboxylic acids is 2. The van der Waals surface area contributed by atoms with Crippen LogP contribution < -0.4 is 23.7 Å². The van der Waals surface area contributed by atoms with Gasteiger partial charge < -0.3 is 23.7 Å².